The molecule has 5 nitrogen and oxygen atoms in total. The number of carbonyl (C=O) groups is 1. The van der Waals surface area contributed by atoms with Gasteiger partial charge in [-0.05, 0) is 26.0 Å². The minimum atomic E-state index is 0.0945. The fraction of sp³-hybridized carbons (Fsp3) is 0.500. The van der Waals surface area contributed by atoms with E-state index in [1.807, 2.05) is 41.6 Å². The Hall–Kier alpha value is -1.59. The molecule has 1 fully saturated rings. The molecule has 0 spiro atoms. The molecule has 22 heavy (non-hydrogen) atoms. The van der Waals surface area contributed by atoms with Crippen LogP contribution in [0, 0.1) is 0 Å². The van der Waals surface area contributed by atoms with E-state index >= 15 is 0 Å². The highest BCUT2D eigenvalue weighted by Gasteiger charge is 2.25. The summed E-state index contributed by atoms with van der Waals surface area (Å²) in [5.74, 6) is 0.146. The van der Waals surface area contributed by atoms with Crippen molar-refractivity contribution in [3.05, 3.63) is 29.4 Å². The third kappa shape index (κ3) is 3.10. The third-order valence-electron chi connectivity index (χ3n) is 3.94. The third-order valence-corrected chi connectivity index (χ3v) is 4.27. The molecule has 0 aliphatic carbocycles. The summed E-state index contributed by atoms with van der Waals surface area (Å²) >= 11 is 6.14. The number of aromatic nitrogens is 2. The number of ether oxygens (including phenoxy) is 1. The number of amides is 1. The molecule has 1 amide bonds. The van der Waals surface area contributed by atoms with E-state index in [1.165, 1.54) is 0 Å². The summed E-state index contributed by atoms with van der Waals surface area (Å²) < 4.78 is 7.50. The Morgan fingerprint density at radius 2 is 2.09 bits per heavy atom. The van der Waals surface area contributed by atoms with Crippen LogP contribution in [0.4, 0.5) is 0 Å². The van der Waals surface area contributed by atoms with Crippen LogP contribution in [-0.2, 0) is 16.1 Å². The lowest BCUT2D eigenvalue weighted by molar-refractivity contribution is -0.143. The van der Waals surface area contributed by atoms with Crippen LogP contribution in [0.15, 0.2) is 24.4 Å². The highest BCUT2D eigenvalue weighted by molar-refractivity contribution is 6.35. The predicted molar refractivity (Wildman–Crippen MR) is 85.9 cm³/mol. The van der Waals surface area contributed by atoms with Crippen molar-refractivity contribution in [3.8, 4) is 0 Å². The first-order chi connectivity index (χ1) is 10.5. The zero-order chi connectivity index (χ0) is 15.7. The van der Waals surface area contributed by atoms with Crippen LogP contribution in [0.3, 0.4) is 0 Å². The predicted octanol–water partition coefficient (Wildman–Crippen LogP) is 2.72. The quantitative estimate of drug-likeness (QED) is 0.873. The molecule has 0 unspecified atom stereocenters. The summed E-state index contributed by atoms with van der Waals surface area (Å²) in [6.07, 6.45) is 2.37. The number of morpholine rings is 1. The molecule has 1 aromatic heterocycles. The summed E-state index contributed by atoms with van der Waals surface area (Å²) in [6.45, 7) is 5.88. The number of nitrogens with zero attached hydrogens (tertiary/aromatic N) is 3. The Bertz CT molecular complexity index is 675. The second-order valence-electron chi connectivity index (χ2n) is 5.85. The second kappa shape index (κ2) is 6.26. The van der Waals surface area contributed by atoms with Crippen molar-refractivity contribution in [2.75, 3.05) is 13.1 Å². The van der Waals surface area contributed by atoms with E-state index in [9.17, 15) is 4.79 Å². The number of hydrogen-bond donors (Lipinski definition) is 0. The van der Waals surface area contributed by atoms with E-state index in [2.05, 4.69) is 5.10 Å². The van der Waals surface area contributed by atoms with E-state index in [1.54, 1.807) is 6.20 Å². The van der Waals surface area contributed by atoms with Gasteiger partial charge < -0.3 is 9.64 Å². The van der Waals surface area contributed by atoms with Gasteiger partial charge in [-0.25, -0.2) is 0 Å². The van der Waals surface area contributed by atoms with Gasteiger partial charge in [0.25, 0.3) is 0 Å². The minimum Gasteiger partial charge on any atom is -0.372 e. The highest BCUT2D eigenvalue weighted by atomic mass is 35.5. The summed E-state index contributed by atoms with van der Waals surface area (Å²) in [5, 5.41) is 5.95. The van der Waals surface area contributed by atoms with Crippen LogP contribution in [0.5, 0.6) is 0 Å². The van der Waals surface area contributed by atoms with Gasteiger partial charge in [-0.1, -0.05) is 17.7 Å². The van der Waals surface area contributed by atoms with Gasteiger partial charge >= 0.3 is 0 Å². The Balaban J connectivity index is 1.66. The smallest absolute Gasteiger partial charge is 0.224 e. The number of aryl methyl sites for hydroxylation is 1. The molecule has 1 saturated heterocycles. The molecule has 3 rings (SSSR count). The average molecular weight is 322 g/mol. The molecule has 1 aromatic carbocycles. The molecular formula is C16H20ClN3O2. The standard InChI is InChI=1S/C16H20ClN3O2/c1-11-9-19(10-12(2)22-11)16(21)6-7-20-15-5-3-4-14(17)13(15)8-18-20/h3-5,8,11-12H,6-7,9-10H2,1-2H3/t11-,12+. The van der Waals surface area contributed by atoms with Crippen LogP contribution < -0.4 is 0 Å². The molecule has 6 heteroatoms. The van der Waals surface area contributed by atoms with Gasteiger partial charge in [-0.15, -0.1) is 0 Å². The molecule has 1 aliphatic rings. The summed E-state index contributed by atoms with van der Waals surface area (Å²) in [4.78, 5) is 14.3. The molecule has 2 atom stereocenters. The lowest BCUT2D eigenvalue weighted by Crippen LogP contribution is -2.48. The van der Waals surface area contributed by atoms with E-state index in [0.29, 0.717) is 31.1 Å². The van der Waals surface area contributed by atoms with Gasteiger partial charge in [0.1, 0.15) is 0 Å². The molecule has 1 aliphatic heterocycles. The van der Waals surface area contributed by atoms with Crippen LogP contribution in [-0.4, -0.2) is 45.9 Å². The minimum absolute atomic E-state index is 0.0945. The molecule has 0 N–H and O–H groups in total. The van der Waals surface area contributed by atoms with Gasteiger partial charge in [-0.3, -0.25) is 9.48 Å². The van der Waals surface area contributed by atoms with Crippen molar-refractivity contribution >= 4 is 28.4 Å². The molecule has 2 heterocycles. The van der Waals surface area contributed by atoms with Gasteiger partial charge in [0.15, 0.2) is 0 Å². The monoisotopic (exact) mass is 321 g/mol. The first-order valence-electron chi connectivity index (χ1n) is 7.58. The second-order valence-corrected chi connectivity index (χ2v) is 6.25. The maximum absolute atomic E-state index is 12.4. The van der Waals surface area contributed by atoms with Crippen molar-refractivity contribution in [2.45, 2.75) is 39.0 Å². The summed E-state index contributed by atoms with van der Waals surface area (Å²) in [7, 11) is 0. The lowest BCUT2D eigenvalue weighted by Gasteiger charge is -2.35. The van der Waals surface area contributed by atoms with Gasteiger partial charge in [0, 0.05) is 24.9 Å². The van der Waals surface area contributed by atoms with Gasteiger partial charge in [0.2, 0.25) is 5.91 Å². The van der Waals surface area contributed by atoms with E-state index in [0.717, 1.165) is 10.9 Å². The molecule has 118 valence electrons. The first kappa shape index (κ1) is 15.3. The maximum atomic E-state index is 12.4. The molecule has 2 aromatic rings. The van der Waals surface area contributed by atoms with Crippen molar-refractivity contribution in [1.82, 2.24) is 14.7 Å². The maximum Gasteiger partial charge on any atom is 0.224 e. The Morgan fingerprint density at radius 1 is 1.36 bits per heavy atom. The average Bonchev–Trinajstić information content (AvgIpc) is 2.88. The van der Waals surface area contributed by atoms with Crippen LogP contribution in [0.25, 0.3) is 10.9 Å². The van der Waals surface area contributed by atoms with Crippen molar-refractivity contribution in [1.29, 1.82) is 0 Å². The van der Waals surface area contributed by atoms with E-state index < -0.39 is 0 Å². The molecule has 0 bridgehead atoms. The number of halogens is 1. The Morgan fingerprint density at radius 3 is 2.82 bits per heavy atom. The van der Waals surface area contributed by atoms with Gasteiger partial charge in [-0.2, -0.15) is 5.10 Å². The van der Waals surface area contributed by atoms with E-state index in [4.69, 9.17) is 16.3 Å². The Kier molecular flexibility index (Phi) is 4.36. The first-order valence-corrected chi connectivity index (χ1v) is 7.95. The molecule has 0 saturated carbocycles. The van der Waals surface area contributed by atoms with Crippen LogP contribution >= 0.6 is 11.6 Å². The fourth-order valence-corrected chi connectivity index (χ4v) is 3.21. The number of benzene rings is 1. The largest absolute Gasteiger partial charge is 0.372 e. The molecular weight excluding hydrogens is 302 g/mol. The number of hydrogen-bond acceptors (Lipinski definition) is 3. The normalized spacial score (nSPS) is 22.2. The summed E-state index contributed by atoms with van der Waals surface area (Å²) in [6, 6.07) is 5.71. The topological polar surface area (TPSA) is 47.4 Å². The Labute approximate surface area is 134 Å². The zero-order valence-corrected chi connectivity index (χ0v) is 13.6. The summed E-state index contributed by atoms with van der Waals surface area (Å²) in [5.41, 5.74) is 0.962. The van der Waals surface area contributed by atoms with E-state index in [-0.39, 0.29) is 18.1 Å². The SMILES string of the molecule is C[C@@H]1CN(C(=O)CCn2ncc3c(Cl)cccc32)C[C@H](C)O1. The fourth-order valence-electron chi connectivity index (χ4n) is 2.99. The van der Waals surface area contributed by atoms with Gasteiger partial charge in [0.05, 0.1) is 35.5 Å². The zero-order valence-electron chi connectivity index (χ0n) is 12.8. The van der Waals surface area contributed by atoms with Crippen molar-refractivity contribution < 1.29 is 9.53 Å². The number of carbonyl (C=O) groups excluding carboxylic acids is 1. The van der Waals surface area contributed by atoms with Crippen molar-refractivity contribution in [2.24, 2.45) is 0 Å². The lowest BCUT2D eigenvalue weighted by atomic mass is 10.2. The van der Waals surface area contributed by atoms with Crippen molar-refractivity contribution in [3.63, 3.8) is 0 Å². The number of fused-ring (bicyclic) bond motifs is 1. The number of rotatable bonds is 3. The highest BCUT2D eigenvalue weighted by Crippen LogP contribution is 2.23. The van der Waals surface area contributed by atoms with Crippen LogP contribution in [0.2, 0.25) is 5.02 Å². The molecule has 0 radical (unpaired) electrons. The van der Waals surface area contributed by atoms with Crippen LogP contribution in [0.1, 0.15) is 20.3 Å².